The zero-order valence-electron chi connectivity index (χ0n) is 13.3. The number of aliphatic hydroxyl groups is 1. The highest BCUT2D eigenvalue weighted by atomic mass is 16.3. The lowest BCUT2D eigenvalue weighted by Gasteiger charge is -2.32. The number of carbonyl (C=O) groups is 1. The molecule has 0 radical (unpaired) electrons. The number of hydrogen-bond donors (Lipinski definition) is 1. The minimum atomic E-state index is -0.539. The summed E-state index contributed by atoms with van der Waals surface area (Å²) in [5.41, 5.74) is 1.32. The fourth-order valence-electron chi connectivity index (χ4n) is 3.23. The molecule has 2 rings (SSSR count). The highest BCUT2D eigenvalue weighted by Crippen LogP contribution is 2.31. The van der Waals surface area contributed by atoms with Crippen molar-refractivity contribution in [2.75, 3.05) is 13.1 Å². The number of rotatable bonds is 5. The van der Waals surface area contributed by atoms with E-state index in [9.17, 15) is 9.90 Å². The Hall–Kier alpha value is -1.35. The third-order valence-electron chi connectivity index (χ3n) is 4.57. The second-order valence-electron chi connectivity index (χ2n) is 6.14. The number of amides is 1. The summed E-state index contributed by atoms with van der Waals surface area (Å²) in [6.45, 7) is 5.45. The average molecular weight is 289 g/mol. The zero-order valence-corrected chi connectivity index (χ0v) is 13.3. The molecule has 0 unspecified atom stereocenters. The molecule has 1 amide bonds. The Bertz CT molecular complexity index is 457. The Morgan fingerprint density at radius 2 is 1.67 bits per heavy atom. The van der Waals surface area contributed by atoms with Crippen molar-refractivity contribution < 1.29 is 9.90 Å². The summed E-state index contributed by atoms with van der Waals surface area (Å²) in [5, 5.41) is 10.6. The van der Waals surface area contributed by atoms with E-state index in [0.29, 0.717) is 6.42 Å². The summed E-state index contributed by atoms with van der Waals surface area (Å²) < 4.78 is 0. The van der Waals surface area contributed by atoms with Gasteiger partial charge in [0.25, 0.3) is 5.91 Å². The summed E-state index contributed by atoms with van der Waals surface area (Å²) >= 11 is 0. The summed E-state index contributed by atoms with van der Waals surface area (Å²) in [4.78, 5) is 14.1. The Balaban J connectivity index is 2.03. The number of carbonyl (C=O) groups excluding carboxylic acids is 1. The van der Waals surface area contributed by atoms with Crippen LogP contribution in [0.25, 0.3) is 0 Å². The molecule has 21 heavy (non-hydrogen) atoms. The van der Waals surface area contributed by atoms with Gasteiger partial charge in [0.15, 0.2) is 0 Å². The molecule has 116 valence electrons. The first-order valence-corrected chi connectivity index (χ1v) is 8.18. The van der Waals surface area contributed by atoms with Gasteiger partial charge in [-0.3, -0.25) is 4.79 Å². The Labute approximate surface area is 128 Å². The molecule has 0 bridgehead atoms. The third-order valence-corrected chi connectivity index (χ3v) is 4.57. The summed E-state index contributed by atoms with van der Waals surface area (Å²) in [7, 11) is 0. The maximum atomic E-state index is 12.2. The van der Waals surface area contributed by atoms with E-state index in [1.54, 1.807) is 0 Å². The zero-order chi connectivity index (χ0) is 15.3. The third kappa shape index (κ3) is 4.07. The van der Waals surface area contributed by atoms with Crippen LogP contribution in [0, 0.1) is 0 Å². The van der Waals surface area contributed by atoms with Crippen LogP contribution in [0.2, 0.25) is 0 Å². The molecular formula is C18H27NO2. The van der Waals surface area contributed by atoms with Gasteiger partial charge in [-0.25, -0.2) is 0 Å². The molecule has 1 aliphatic rings. The minimum Gasteiger partial charge on any atom is -0.390 e. The molecule has 0 aromatic heterocycles. The van der Waals surface area contributed by atoms with Crippen LogP contribution >= 0.6 is 0 Å². The molecular weight excluding hydrogens is 262 g/mol. The molecule has 0 heterocycles. The van der Waals surface area contributed by atoms with Crippen molar-refractivity contribution in [2.24, 2.45) is 0 Å². The van der Waals surface area contributed by atoms with Crippen LogP contribution in [-0.2, 0) is 6.42 Å². The fourth-order valence-corrected chi connectivity index (χ4v) is 3.23. The van der Waals surface area contributed by atoms with E-state index in [-0.39, 0.29) is 5.91 Å². The smallest absolute Gasteiger partial charge is 0.253 e. The van der Waals surface area contributed by atoms with Gasteiger partial charge in [0.2, 0.25) is 0 Å². The molecule has 1 aliphatic carbocycles. The van der Waals surface area contributed by atoms with Gasteiger partial charge in [-0.05, 0) is 44.4 Å². The summed E-state index contributed by atoms with van der Waals surface area (Å²) in [5.74, 6) is 0.0860. The van der Waals surface area contributed by atoms with Crippen molar-refractivity contribution >= 4 is 5.91 Å². The topological polar surface area (TPSA) is 40.5 Å². The first-order valence-electron chi connectivity index (χ1n) is 8.18. The van der Waals surface area contributed by atoms with Crippen molar-refractivity contribution in [3.63, 3.8) is 0 Å². The first kappa shape index (κ1) is 16.0. The lowest BCUT2D eigenvalue weighted by atomic mass is 9.80. The van der Waals surface area contributed by atoms with Gasteiger partial charge in [-0.2, -0.15) is 0 Å². The highest BCUT2D eigenvalue weighted by Gasteiger charge is 2.29. The summed E-state index contributed by atoms with van der Waals surface area (Å²) in [6.07, 6.45) is 5.97. The van der Waals surface area contributed by atoms with E-state index in [1.807, 2.05) is 43.0 Å². The minimum absolute atomic E-state index is 0.0860. The Kier molecular flexibility index (Phi) is 5.40. The van der Waals surface area contributed by atoms with E-state index in [0.717, 1.165) is 49.9 Å². The molecule has 1 fully saturated rings. The molecule has 0 aliphatic heterocycles. The lowest BCUT2D eigenvalue weighted by molar-refractivity contribution is 0.00449. The highest BCUT2D eigenvalue weighted by molar-refractivity contribution is 5.94. The van der Waals surface area contributed by atoms with Gasteiger partial charge in [0.1, 0.15) is 0 Å². The van der Waals surface area contributed by atoms with Crippen LogP contribution in [-0.4, -0.2) is 34.6 Å². The average Bonchev–Trinajstić information content (AvgIpc) is 2.49. The predicted octanol–water partition coefficient (Wildman–Crippen LogP) is 3.41. The molecule has 1 saturated carbocycles. The monoisotopic (exact) mass is 289 g/mol. The van der Waals surface area contributed by atoms with Crippen LogP contribution in [0.3, 0.4) is 0 Å². The number of benzene rings is 1. The van der Waals surface area contributed by atoms with Crippen molar-refractivity contribution in [3.05, 3.63) is 35.4 Å². The van der Waals surface area contributed by atoms with Crippen molar-refractivity contribution in [1.29, 1.82) is 0 Å². The van der Waals surface area contributed by atoms with Crippen LogP contribution in [0.1, 0.15) is 61.9 Å². The van der Waals surface area contributed by atoms with Crippen LogP contribution in [0.5, 0.6) is 0 Å². The van der Waals surface area contributed by atoms with E-state index < -0.39 is 5.60 Å². The van der Waals surface area contributed by atoms with E-state index in [1.165, 1.54) is 6.42 Å². The van der Waals surface area contributed by atoms with Gasteiger partial charge in [0.05, 0.1) is 5.60 Å². The maximum Gasteiger partial charge on any atom is 0.253 e. The lowest BCUT2D eigenvalue weighted by Crippen LogP contribution is -2.33. The van der Waals surface area contributed by atoms with Gasteiger partial charge in [-0.1, -0.05) is 31.4 Å². The molecule has 0 spiro atoms. The van der Waals surface area contributed by atoms with E-state index in [4.69, 9.17) is 0 Å². The molecule has 3 nitrogen and oxygen atoms in total. The van der Waals surface area contributed by atoms with Crippen molar-refractivity contribution in [1.82, 2.24) is 4.90 Å². The largest absolute Gasteiger partial charge is 0.390 e. The number of nitrogens with zero attached hydrogens (tertiary/aromatic N) is 1. The molecule has 0 atom stereocenters. The SMILES string of the molecule is CCN(CC)C(=O)c1ccc(CC2(O)CCCCC2)cc1. The Morgan fingerprint density at radius 1 is 1.10 bits per heavy atom. The van der Waals surface area contributed by atoms with Gasteiger partial charge in [0, 0.05) is 25.1 Å². The van der Waals surface area contributed by atoms with Crippen LogP contribution < -0.4 is 0 Å². The van der Waals surface area contributed by atoms with Crippen LogP contribution in [0.15, 0.2) is 24.3 Å². The van der Waals surface area contributed by atoms with E-state index in [2.05, 4.69) is 0 Å². The van der Waals surface area contributed by atoms with Gasteiger partial charge >= 0.3 is 0 Å². The number of hydrogen-bond acceptors (Lipinski definition) is 2. The standard InChI is InChI=1S/C18H27NO2/c1-3-19(4-2)17(20)16-10-8-15(9-11-16)14-18(21)12-6-5-7-13-18/h8-11,21H,3-7,12-14H2,1-2H3. The fraction of sp³-hybridized carbons (Fsp3) is 0.611. The van der Waals surface area contributed by atoms with E-state index >= 15 is 0 Å². The van der Waals surface area contributed by atoms with Gasteiger partial charge in [-0.15, -0.1) is 0 Å². The second kappa shape index (κ2) is 7.08. The van der Waals surface area contributed by atoms with Crippen molar-refractivity contribution in [2.45, 2.75) is 58.0 Å². The van der Waals surface area contributed by atoms with Crippen LogP contribution in [0.4, 0.5) is 0 Å². The van der Waals surface area contributed by atoms with Crippen molar-refractivity contribution in [3.8, 4) is 0 Å². The maximum absolute atomic E-state index is 12.2. The molecule has 1 aromatic rings. The molecule has 1 N–H and O–H groups in total. The molecule has 1 aromatic carbocycles. The first-order chi connectivity index (χ1) is 10.1. The normalized spacial score (nSPS) is 17.5. The second-order valence-corrected chi connectivity index (χ2v) is 6.14. The summed E-state index contributed by atoms with van der Waals surface area (Å²) in [6, 6.07) is 7.76. The quantitative estimate of drug-likeness (QED) is 0.902. The Morgan fingerprint density at radius 3 is 2.19 bits per heavy atom. The predicted molar refractivity (Wildman–Crippen MR) is 85.4 cm³/mol. The van der Waals surface area contributed by atoms with Gasteiger partial charge < -0.3 is 10.0 Å². The molecule has 0 saturated heterocycles. The molecule has 3 heteroatoms.